The van der Waals surface area contributed by atoms with Crippen LogP contribution in [-0.2, 0) is 6.54 Å². The van der Waals surface area contributed by atoms with Crippen molar-refractivity contribution in [1.82, 2.24) is 14.8 Å². The SMILES string of the molecule is C=C/C(F)=C\c1c(Nc2cnccc2C(=O)O)nn(Cc2ccc(F)cc2)c1C. The number of benzene rings is 1. The summed E-state index contributed by atoms with van der Waals surface area (Å²) in [6, 6.07) is 7.31. The molecule has 0 unspecified atom stereocenters. The average Bonchev–Trinajstić information content (AvgIpc) is 2.98. The molecule has 0 atom stereocenters. The highest BCUT2D eigenvalue weighted by molar-refractivity contribution is 5.95. The van der Waals surface area contributed by atoms with E-state index in [9.17, 15) is 18.7 Å². The molecular weight excluding hydrogens is 378 g/mol. The van der Waals surface area contributed by atoms with E-state index in [0.717, 1.165) is 11.6 Å². The number of nitrogens with one attached hydrogen (secondary N) is 1. The Kier molecular flexibility index (Phi) is 5.82. The van der Waals surface area contributed by atoms with Gasteiger partial charge in [0.15, 0.2) is 5.82 Å². The van der Waals surface area contributed by atoms with Crippen molar-refractivity contribution < 1.29 is 18.7 Å². The van der Waals surface area contributed by atoms with Gasteiger partial charge in [0, 0.05) is 17.5 Å². The molecule has 0 radical (unpaired) electrons. The van der Waals surface area contributed by atoms with Crippen LogP contribution in [-0.4, -0.2) is 25.8 Å². The van der Waals surface area contributed by atoms with Crippen molar-refractivity contribution in [2.45, 2.75) is 13.5 Å². The third-order valence-electron chi connectivity index (χ3n) is 4.28. The van der Waals surface area contributed by atoms with E-state index in [-0.39, 0.29) is 22.9 Å². The maximum Gasteiger partial charge on any atom is 0.337 e. The number of hydrogen-bond donors (Lipinski definition) is 2. The van der Waals surface area contributed by atoms with Gasteiger partial charge in [-0.25, -0.2) is 13.6 Å². The number of aromatic nitrogens is 3. The maximum atomic E-state index is 13.9. The van der Waals surface area contributed by atoms with E-state index in [1.165, 1.54) is 36.7 Å². The summed E-state index contributed by atoms with van der Waals surface area (Å²) in [5.74, 6) is -1.78. The highest BCUT2D eigenvalue weighted by Crippen LogP contribution is 2.28. The summed E-state index contributed by atoms with van der Waals surface area (Å²) in [6.45, 7) is 5.48. The Balaban J connectivity index is 2.04. The van der Waals surface area contributed by atoms with Crippen molar-refractivity contribution in [2.24, 2.45) is 0 Å². The largest absolute Gasteiger partial charge is 0.478 e. The fourth-order valence-electron chi connectivity index (χ4n) is 2.75. The lowest BCUT2D eigenvalue weighted by Gasteiger charge is -2.07. The first-order valence-corrected chi connectivity index (χ1v) is 8.65. The minimum Gasteiger partial charge on any atom is -0.478 e. The van der Waals surface area contributed by atoms with Gasteiger partial charge in [-0.05, 0) is 42.8 Å². The first-order valence-electron chi connectivity index (χ1n) is 8.65. The van der Waals surface area contributed by atoms with Crippen LogP contribution < -0.4 is 5.32 Å². The van der Waals surface area contributed by atoms with Gasteiger partial charge in [-0.2, -0.15) is 5.10 Å². The second kappa shape index (κ2) is 8.47. The van der Waals surface area contributed by atoms with Crippen LogP contribution in [0, 0.1) is 12.7 Å². The van der Waals surface area contributed by atoms with Crippen LogP contribution in [0.5, 0.6) is 0 Å². The van der Waals surface area contributed by atoms with Gasteiger partial charge < -0.3 is 10.4 Å². The second-order valence-electron chi connectivity index (χ2n) is 6.22. The molecule has 3 rings (SSSR count). The lowest BCUT2D eigenvalue weighted by Crippen LogP contribution is -2.06. The maximum absolute atomic E-state index is 13.9. The zero-order valence-electron chi connectivity index (χ0n) is 15.6. The lowest BCUT2D eigenvalue weighted by atomic mass is 10.2. The molecule has 0 saturated heterocycles. The van der Waals surface area contributed by atoms with Crippen molar-refractivity contribution in [3.8, 4) is 0 Å². The molecule has 6 nitrogen and oxygen atoms in total. The van der Waals surface area contributed by atoms with Crippen molar-refractivity contribution in [3.05, 3.63) is 89.4 Å². The van der Waals surface area contributed by atoms with Crippen LogP contribution in [0.15, 0.2) is 61.2 Å². The molecule has 3 aromatic rings. The molecule has 0 spiro atoms. The van der Waals surface area contributed by atoms with Gasteiger partial charge in [-0.3, -0.25) is 9.67 Å². The van der Waals surface area contributed by atoms with Gasteiger partial charge in [0.25, 0.3) is 0 Å². The molecule has 29 heavy (non-hydrogen) atoms. The van der Waals surface area contributed by atoms with E-state index < -0.39 is 11.8 Å². The number of rotatable bonds is 7. The molecule has 148 valence electrons. The zero-order chi connectivity index (χ0) is 21.0. The highest BCUT2D eigenvalue weighted by Gasteiger charge is 2.17. The summed E-state index contributed by atoms with van der Waals surface area (Å²) in [4.78, 5) is 15.4. The van der Waals surface area contributed by atoms with Gasteiger partial charge >= 0.3 is 5.97 Å². The van der Waals surface area contributed by atoms with Crippen LogP contribution in [0.1, 0.15) is 27.2 Å². The second-order valence-corrected chi connectivity index (χ2v) is 6.22. The number of pyridine rings is 1. The monoisotopic (exact) mass is 396 g/mol. The Labute approximate surface area is 165 Å². The minimum atomic E-state index is -1.13. The summed E-state index contributed by atoms with van der Waals surface area (Å²) >= 11 is 0. The molecule has 0 aliphatic heterocycles. The third kappa shape index (κ3) is 4.55. The molecule has 0 aliphatic rings. The van der Waals surface area contributed by atoms with Gasteiger partial charge in [-0.15, -0.1) is 0 Å². The van der Waals surface area contributed by atoms with Crippen molar-refractivity contribution >= 4 is 23.6 Å². The molecule has 8 heteroatoms. The molecule has 2 aromatic heterocycles. The molecule has 2 N–H and O–H groups in total. The van der Waals surface area contributed by atoms with E-state index in [1.54, 1.807) is 23.7 Å². The van der Waals surface area contributed by atoms with Gasteiger partial charge in [-0.1, -0.05) is 18.7 Å². The number of hydrogen-bond acceptors (Lipinski definition) is 4. The Hall–Kier alpha value is -3.81. The van der Waals surface area contributed by atoms with Crippen molar-refractivity contribution in [1.29, 1.82) is 0 Å². The smallest absolute Gasteiger partial charge is 0.337 e. The Morgan fingerprint density at radius 3 is 2.69 bits per heavy atom. The molecule has 0 saturated carbocycles. The van der Waals surface area contributed by atoms with Crippen LogP contribution in [0.4, 0.5) is 20.3 Å². The summed E-state index contributed by atoms with van der Waals surface area (Å²) in [7, 11) is 0. The predicted molar refractivity (Wildman–Crippen MR) is 106 cm³/mol. The molecular formula is C21H18F2N4O2. The van der Waals surface area contributed by atoms with E-state index in [0.29, 0.717) is 17.8 Å². The molecule has 0 aliphatic carbocycles. The van der Waals surface area contributed by atoms with Crippen LogP contribution in [0.25, 0.3) is 6.08 Å². The molecule has 0 amide bonds. The van der Waals surface area contributed by atoms with E-state index in [1.807, 2.05) is 0 Å². The number of carbonyl (C=O) groups is 1. The first kappa shape index (κ1) is 19.9. The molecule has 1 aromatic carbocycles. The summed E-state index contributed by atoms with van der Waals surface area (Å²) in [5.41, 5.74) is 2.10. The Morgan fingerprint density at radius 1 is 1.31 bits per heavy atom. The average molecular weight is 396 g/mol. The van der Waals surface area contributed by atoms with Crippen LogP contribution in [0.2, 0.25) is 0 Å². The van der Waals surface area contributed by atoms with Gasteiger partial charge in [0.1, 0.15) is 11.6 Å². The lowest BCUT2D eigenvalue weighted by molar-refractivity contribution is 0.0698. The number of halogens is 2. The molecule has 2 heterocycles. The zero-order valence-corrected chi connectivity index (χ0v) is 15.6. The first-order chi connectivity index (χ1) is 13.9. The fraction of sp³-hybridized carbons (Fsp3) is 0.0952. The van der Waals surface area contributed by atoms with Crippen LogP contribution >= 0.6 is 0 Å². The van der Waals surface area contributed by atoms with Crippen molar-refractivity contribution in [2.75, 3.05) is 5.32 Å². The van der Waals surface area contributed by atoms with E-state index in [2.05, 4.69) is 22.0 Å². The number of nitrogens with zero attached hydrogens (tertiary/aromatic N) is 3. The number of aromatic carboxylic acids is 1. The van der Waals surface area contributed by atoms with Crippen LogP contribution in [0.3, 0.4) is 0 Å². The Bertz CT molecular complexity index is 1090. The minimum absolute atomic E-state index is 0.00450. The number of carboxylic acids is 1. The predicted octanol–water partition coefficient (Wildman–Crippen LogP) is 4.71. The van der Waals surface area contributed by atoms with E-state index in [4.69, 9.17) is 0 Å². The quantitative estimate of drug-likeness (QED) is 0.565. The van der Waals surface area contributed by atoms with Gasteiger partial charge in [0.05, 0.1) is 24.0 Å². The Morgan fingerprint density at radius 2 is 2.03 bits per heavy atom. The van der Waals surface area contributed by atoms with Gasteiger partial charge in [0.2, 0.25) is 0 Å². The number of anilines is 2. The number of allylic oxidation sites excluding steroid dienone is 2. The fourth-order valence-corrected chi connectivity index (χ4v) is 2.75. The highest BCUT2D eigenvalue weighted by atomic mass is 19.1. The number of carboxylic acid groups (broad SMARTS) is 1. The topological polar surface area (TPSA) is 80.0 Å². The third-order valence-corrected chi connectivity index (χ3v) is 4.28. The summed E-state index contributed by atoms with van der Waals surface area (Å²) in [6.07, 6.45) is 5.04. The van der Waals surface area contributed by atoms with E-state index >= 15 is 0 Å². The standard InChI is InChI=1S/C21H18F2N4O2/c1-3-15(22)10-18-13(2)27(12-14-4-6-16(23)7-5-14)26-20(18)25-19-11-24-9-8-17(19)21(28)29/h3-11H,1,12H2,2H3,(H,25,26)(H,28,29)/b15-10+. The summed E-state index contributed by atoms with van der Waals surface area (Å²) < 4.78 is 28.7. The normalized spacial score (nSPS) is 11.3. The molecule has 0 fully saturated rings. The summed E-state index contributed by atoms with van der Waals surface area (Å²) in [5, 5.41) is 16.7. The molecule has 0 bridgehead atoms. The van der Waals surface area contributed by atoms with Crippen molar-refractivity contribution in [3.63, 3.8) is 0 Å².